The maximum atomic E-state index is 12.6. The number of hydrogen-bond donors (Lipinski definition) is 2. The Morgan fingerprint density at radius 2 is 2.12 bits per heavy atom. The Morgan fingerprint density at radius 1 is 1.38 bits per heavy atom. The standard InChI is InChI=1S/C17H22N2O4S/c20-15-8-11(10-19(15)12-4-1-2-5-12)17(23)18-13(9-16(21)22)14-6-3-7-24-14/h3,6-7,11-13H,1-2,4-5,8-10H2,(H,18,23)(H,21,22). The molecular formula is C17H22N2O4S. The predicted molar refractivity (Wildman–Crippen MR) is 89.5 cm³/mol. The molecule has 2 aliphatic rings. The van der Waals surface area contributed by atoms with E-state index < -0.39 is 12.0 Å². The number of likely N-dealkylation sites (tertiary alicyclic amines) is 1. The summed E-state index contributed by atoms with van der Waals surface area (Å²) < 4.78 is 0. The van der Waals surface area contributed by atoms with Crippen LogP contribution in [0, 0.1) is 5.92 Å². The summed E-state index contributed by atoms with van der Waals surface area (Å²) in [6.45, 7) is 0.458. The third-order valence-electron chi connectivity index (χ3n) is 4.88. The topological polar surface area (TPSA) is 86.7 Å². The molecule has 2 atom stereocenters. The second kappa shape index (κ2) is 7.34. The molecule has 2 N–H and O–H groups in total. The molecule has 130 valence electrons. The smallest absolute Gasteiger partial charge is 0.305 e. The van der Waals surface area contributed by atoms with E-state index in [1.54, 1.807) is 0 Å². The second-order valence-electron chi connectivity index (χ2n) is 6.56. The van der Waals surface area contributed by atoms with Gasteiger partial charge in [0.15, 0.2) is 0 Å². The number of rotatable bonds is 6. The first-order valence-electron chi connectivity index (χ1n) is 8.39. The molecule has 2 amide bonds. The third kappa shape index (κ3) is 3.77. The largest absolute Gasteiger partial charge is 0.481 e. The minimum absolute atomic E-state index is 0.0490. The van der Waals surface area contributed by atoms with Gasteiger partial charge < -0.3 is 15.3 Å². The molecule has 6 nitrogen and oxygen atoms in total. The third-order valence-corrected chi connectivity index (χ3v) is 5.86. The fraction of sp³-hybridized carbons (Fsp3) is 0.588. The van der Waals surface area contributed by atoms with E-state index in [1.807, 2.05) is 22.4 Å². The summed E-state index contributed by atoms with van der Waals surface area (Å²) in [5, 5.41) is 13.8. The van der Waals surface area contributed by atoms with Crippen molar-refractivity contribution in [1.82, 2.24) is 10.2 Å². The van der Waals surface area contributed by atoms with Gasteiger partial charge in [0, 0.05) is 23.9 Å². The molecule has 2 unspecified atom stereocenters. The molecule has 2 fully saturated rings. The summed E-state index contributed by atoms with van der Waals surface area (Å²) in [7, 11) is 0. The Morgan fingerprint density at radius 3 is 2.75 bits per heavy atom. The van der Waals surface area contributed by atoms with E-state index in [0.717, 1.165) is 30.6 Å². The van der Waals surface area contributed by atoms with Crippen LogP contribution in [0.3, 0.4) is 0 Å². The minimum atomic E-state index is -0.955. The summed E-state index contributed by atoms with van der Waals surface area (Å²) >= 11 is 1.42. The van der Waals surface area contributed by atoms with E-state index in [-0.39, 0.29) is 36.6 Å². The maximum Gasteiger partial charge on any atom is 0.305 e. The number of thiophene rings is 1. The molecule has 0 spiro atoms. The van der Waals surface area contributed by atoms with Gasteiger partial charge in [-0.2, -0.15) is 0 Å². The average Bonchev–Trinajstić information content (AvgIpc) is 3.27. The maximum absolute atomic E-state index is 12.6. The van der Waals surface area contributed by atoms with Crippen LogP contribution in [0.15, 0.2) is 17.5 Å². The number of hydrogen-bond acceptors (Lipinski definition) is 4. The predicted octanol–water partition coefficient (Wildman–Crippen LogP) is 2.17. The minimum Gasteiger partial charge on any atom is -0.481 e. The van der Waals surface area contributed by atoms with Gasteiger partial charge in [0.05, 0.1) is 18.4 Å². The van der Waals surface area contributed by atoms with E-state index in [2.05, 4.69) is 5.32 Å². The molecule has 0 radical (unpaired) electrons. The number of nitrogens with one attached hydrogen (secondary N) is 1. The Labute approximate surface area is 144 Å². The lowest BCUT2D eigenvalue weighted by Crippen LogP contribution is -2.38. The van der Waals surface area contributed by atoms with Gasteiger partial charge in [-0.15, -0.1) is 11.3 Å². The van der Waals surface area contributed by atoms with Crippen molar-refractivity contribution >= 4 is 29.1 Å². The lowest BCUT2D eigenvalue weighted by atomic mass is 10.1. The molecule has 0 aromatic carbocycles. The Hall–Kier alpha value is -1.89. The molecule has 1 aliphatic heterocycles. The quantitative estimate of drug-likeness (QED) is 0.823. The van der Waals surface area contributed by atoms with Crippen molar-refractivity contribution in [3.8, 4) is 0 Å². The summed E-state index contributed by atoms with van der Waals surface area (Å²) in [6, 6.07) is 3.40. The first-order chi connectivity index (χ1) is 11.5. The van der Waals surface area contributed by atoms with E-state index in [9.17, 15) is 14.4 Å². The number of carboxylic acid groups (broad SMARTS) is 1. The number of amides is 2. The molecule has 3 rings (SSSR count). The van der Waals surface area contributed by atoms with Crippen LogP contribution in [0.2, 0.25) is 0 Å². The van der Waals surface area contributed by atoms with Crippen LogP contribution in [0.25, 0.3) is 0 Å². The summed E-state index contributed by atoms with van der Waals surface area (Å²) in [5.74, 6) is -1.51. The van der Waals surface area contributed by atoms with Crippen molar-refractivity contribution in [3.05, 3.63) is 22.4 Å². The lowest BCUT2D eigenvalue weighted by Gasteiger charge is -2.24. The van der Waals surface area contributed by atoms with Crippen LogP contribution in [0.1, 0.15) is 49.4 Å². The van der Waals surface area contributed by atoms with Gasteiger partial charge in [-0.25, -0.2) is 0 Å². The highest BCUT2D eigenvalue weighted by Crippen LogP contribution is 2.30. The van der Waals surface area contributed by atoms with Crippen LogP contribution < -0.4 is 5.32 Å². The first-order valence-corrected chi connectivity index (χ1v) is 9.27. The summed E-state index contributed by atoms with van der Waals surface area (Å²) in [5.41, 5.74) is 0. The Bertz CT molecular complexity index is 610. The molecule has 1 saturated heterocycles. The molecule has 0 bridgehead atoms. The van der Waals surface area contributed by atoms with Gasteiger partial charge in [0.2, 0.25) is 11.8 Å². The van der Waals surface area contributed by atoms with Gasteiger partial charge >= 0.3 is 5.97 Å². The molecule has 7 heteroatoms. The van der Waals surface area contributed by atoms with E-state index >= 15 is 0 Å². The zero-order valence-electron chi connectivity index (χ0n) is 13.4. The molecule has 24 heavy (non-hydrogen) atoms. The zero-order chi connectivity index (χ0) is 17.1. The number of carboxylic acids is 1. The lowest BCUT2D eigenvalue weighted by molar-refractivity contribution is -0.138. The Kier molecular flexibility index (Phi) is 5.18. The number of nitrogens with zero attached hydrogens (tertiary/aromatic N) is 1. The average molecular weight is 350 g/mol. The van der Waals surface area contributed by atoms with Crippen LogP contribution in [0.5, 0.6) is 0 Å². The van der Waals surface area contributed by atoms with Crippen LogP contribution in [-0.2, 0) is 14.4 Å². The van der Waals surface area contributed by atoms with E-state index in [1.165, 1.54) is 11.3 Å². The summed E-state index contributed by atoms with van der Waals surface area (Å²) in [6.07, 6.45) is 4.41. The van der Waals surface area contributed by atoms with Gasteiger partial charge in [-0.3, -0.25) is 14.4 Å². The number of carbonyl (C=O) groups excluding carboxylic acids is 2. The van der Waals surface area contributed by atoms with Crippen LogP contribution in [-0.4, -0.2) is 40.4 Å². The molecule has 1 aliphatic carbocycles. The van der Waals surface area contributed by atoms with Crippen LogP contribution in [0.4, 0.5) is 0 Å². The van der Waals surface area contributed by atoms with E-state index in [0.29, 0.717) is 6.54 Å². The zero-order valence-corrected chi connectivity index (χ0v) is 14.3. The van der Waals surface area contributed by atoms with Crippen molar-refractivity contribution in [2.45, 2.75) is 50.6 Å². The highest BCUT2D eigenvalue weighted by atomic mass is 32.1. The van der Waals surface area contributed by atoms with Gasteiger partial charge in [-0.05, 0) is 24.3 Å². The van der Waals surface area contributed by atoms with Gasteiger partial charge in [0.1, 0.15) is 0 Å². The van der Waals surface area contributed by atoms with Gasteiger partial charge in [-0.1, -0.05) is 18.9 Å². The van der Waals surface area contributed by atoms with E-state index in [4.69, 9.17) is 5.11 Å². The monoisotopic (exact) mass is 350 g/mol. The molecule has 1 saturated carbocycles. The normalized spacial score (nSPS) is 22.8. The fourth-order valence-electron chi connectivity index (χ4n) is 3.65. The second-order valence-corrected chi connectivity index (χ2v) is 7.54. The van der Waals surface area contributed by atoms with Gasteiger partial charge in [0.25, 0.3) is 0 Å². The SMILES string of the molecule is O=C(O)CC(NC(=O)C1CC(=O)N(C2CCCC2)C1)c1cccs1. The molecule has 2 heterocycles. The molecule has 1 aromatic heterocycles. The Balaban J connectivity index is 1.63. The van der Waals surface area contributed by atoms with Crippen molar-refractivity contribution in [1.29, 1.82) is 0 Å². The summed E-state index contributed by atoms with van der Waals surface area (Å²) in [4.78, 5) is 38.5. The highest BCUT2D eigenvalue weighted by Gasteiger charge is 2.39. The molecule has 1 aromatic rings. The fourth-order valence-corrected chi connectivity index (χ4v) is 4.43. The van der Waals surface area contributed by atoms with Crippen LogP contribution >= 0.6 is 11.3 Å². The van der Waals surface area contributed by atoms with Crippen molar-refractivity contribution in [2.24, 2.45) is 5.92 Å². The van der Waals surface area contributed by atoms with Crippen molar-refractivity contribution in [3.63, 3.8) is 0 Å². The first kappa shape index (κ1) is 17.0. The number of carbonyl (C=O) groups is 3. The van der Waals surface area contributed by atoms with Crippen molar-refractivity contribution in [2.75, 3.05) is 6.54 Å². The molecular weight excluding hydrogens is 328 g/mol. The highest BCUT2D eigenvalue weighted by molar-refractivity contribution is 7.10. The van der Waals surface area contributed by atoms with Crippen molar-refractivity contribution < 1.29 is 19.5 Å². The number of aliphatic carboxylic acids is 1.